The third-order valence-corrected chi connectivity index (χ3v) is 5.92. The molecule has 1 aromatic carbocycles. The van der Waals surface area contributed by atoms with Gasteiger partial charge in [-0.05, 0) is 70.8 Å². The van der Waals surface area contributed by atoms with Crippen LogP contribution in [-0.4, -0.2) is 46.0 Å². The number of hydrogen-bond acceptors (Lipinski definition) is 4. The van der Waals surface area contributed by atoms with Gasteiger partial charge < -0.3 is 14.7 Å². The Balaban J connectivity index is 1.92. The third kappa shape index (κ3) is 4.36. The summed E-state index contributed by atoms with van der Waals surface area (Å²) in [6, 6.07) is 3.48. The molecular weight excluding hydrogens is 410 g/mol. The van der Waals surface area contributed by atoms with Gasteiger partial charge in [0.25, 0.3) is 5.91 Å². The molecule has 1 aromatic heterocycles. The molecule has 3 rings (SSSR count). The summed E-state index contributed by atoms with van der Waals surface area (Å²) < 4.78 is 46.7. The number of aliphatic hydroxyl groups is 1. The van der Waals surface area contributed by atoms with E-state index < -0.39 is 22.9 Å². The van der Waals surface area contributed by atoms with Crippen LogP contribution in [0.2, 0.25) is 0 Å². The summed E-state index contributed by atoms with van der Waals surface area (Å²) in [5.41, 5.74) is -1.65. The normalized spacial score (nSPS) is 17.7. The lowest BCUT2D eigenvalue weighted by Crippen LogP contribution is -2.50. The van der Waals surface area contributed by atoms with E-state index >= 15 is 0 Å². The van der Waals surface area contributed by atoms with E-state index in [1.165, 1.54) is 37.6 Å². The van der Waals surface area contributed by atoms with E-state index in [2.05, 4.69) is 5.10 Å². The number of fused-ring (bicyclic) bond motifs is 1. The molecule has 1 N–H and O–H groups in total. The van der Waals surface area contributed by atoms with Crippen molar-refractivity contribution in [3.63, 3.8) is 0 Å². The average Bonchev–Trinajstić information content (AvgIpc) is 3.06. The molecule has 0 fully saturated rings. The lowest BCUT2D eigenvalue weighted by atomic mass is 9.82. The van der Waals surface area contributed by atoms with Crippen LogP contribution in [0.25, 0.3) is 0 Å². The largest absolute Gasteiger partial charge is 0.426 e. The molecule has 6 nitrogen and oxygen atoms in total. The van der Waals surface area contributed by atoms with Crippen LogP contribution in [0, 0.1) is 6.92 Å². The van der Waals surface area contributed by atoms with E-state index in [0.29, 0.717) is 11.2 Å². The number of aryl methyl sites for hydroxylation is 1. The van der Waals surface area contributed by atoms with Gasteiger partial charge in [-0.2, -0.15) is 18.3 Å². The molecule has 0 saturated heterocycles. The van der Waals surface area contributed by atoms with Crippen LogP contribution in [0.3, 0.4) is 0 Å². The average molecular weight is 436 g/mol. The molecule has 0 saturated carbocycles. The van der Waals surface area contributed by atoms with Crippen LogP contribution in [0.4, 0.5) is 18.9 Å². The Morgan fingerprint density at radius 3 is 2.42 bits per heavy atom. The summed E-state index contributed by atoms with van der Waals surface area (Å²) in [5, 5.41) is 14.6. The van der Waals surface area contributed by atoms with Crippen LogP contribution >= 0.6 is 0 Å². The summed E-state index contributed by atoms with van der Waals surface area (Å²) >= 11 is 0. The molecule has 1 amide bonds. The fraction of sp³-hybridized carbons (Fsp3) is 0.524. The van der Waals surface area contributed by atoms with E-state index in [-0.39, 0.29) is 29.8 Å². The maximum atomic E-state index is 13.3. The molecule has 2 heterocycles. The predicted octanol–water partition coefficient (Wildman–Crippen LogP) is 3.24. The van der Waals surface area contributed by atoms with Gasteiger partial charge in [-0.25, -0.2) is 0 Å². The minimum Gasteiger partial charge on any atom is -0.426 e. The predicted molar refractivity (Wildman–Crippen MR) is 112 cm³/mol. The van der Waals surface area contributed by atoms with Crippen molar-refractivity contribution in [1.29, 1.82) is 0 Å². The Bertz CT molecular complexity index is 996. The molecule has 2 aromatic rings. The Morgan fingerprint density at radius 2 is 1.87 bits per heavy atom. The molecule has 1 atom stereocenters. The second-order valence-corrected chi connectivity index (χ2v) is 8.96. The number of alkyl halides is 3. The van der Waals surface area contributed by atoms with Crippen molar-refractivity contribution in [2.24, 2.45) is 0 Å². The number of carbonyl (C=O) groups is 1. The maximum absolute atomic E-state index is 13.3. The lowest BCUT2D eigenvalue weighted by molar-refractivity contribution is -0.138. The van der Waals surface area contributed by atoms with Gasteiger partial charge in [0.2, 0.25) is 0 Å². The minimum atomic E-state index is -4.45. The number of benzene rings is 1. The van der Waals surface area contributed by atoms with Gasteiger partial charge >= 0.3 is 13.7 Å². The fourth-order valence-electron chi connectivity index (χ4n) is 3.28. The molecule has 10 heteroatoms. The van der Waals surface area contributed by atoms with Gasteiger partial charge in [-0.1, -0.05) is 0 Å². The quantitative estimate of drug-likeness (QED) is 0.731. The summed E-state index contributed by atoms with van der Waals surface area (Å²) in [7, 11) is 1.39. The molecule has 167 valence electrons. The van der Waals surface area contributed by atoms with Gasteiger partial charge in [0.05, 0.1) is 22.8 Å². The Hall–Kier alpha value is -2.33. The number of rotatable bonds is 5. The van der Waals surface area contributed by atoms with Gasteiger partial charge in [-0.15, -0.1) is 0 Å². The van der Waals surface area contributed by atoms with Gasteiger partial charge in [-0.3, -0.25) is 9.48 Å². The van der Waals surface area contributed by atoms with E-state index in [1.54, 1.807) is 32.4 Å². The molecule has 0 spiro atoms. The highest BCUT2D eigenvalue weighted by molar-refractivity contribution is 6.49. The van der Waals surface area contributed by atoms with Crippen molar-refractivity contribution in [3.05, 3.63) is 41.2 Å². The first-order valence-corrected chi connectivity index (χ1v) is 9.94. The van der Waals surface area contributed by atoms with E-state index in [4.69, 9.17) is 4.65 Å². The second-order valence-electron chi connectivity index (χ2n) is 8.96. The van der Waals surface area contributed by atoms with E-state index in [9.17, 15) is 23.1 Å². The van der Waals surface area contributed by atoms with Crippen molar-refractivity contribution in [2.45, 2.75) is 65.0 Å². The lowest BCUT2D eigenvalue weighted by Gasteiger charge is -2.37. The van der Waals surface area contributed by atoms with Crippen LogP contribution in [0.1, 0.15) is 62.3 Å². The van der Waals surface area contributed by atoms with Crippen LogP contribution in [0.15, 0.2) is 24.4 Å². The molecule has 0 unspecified atom stereocenters. The number of nitrogens with zero attached hydrogens (tertiary/aromatic N) is 3. The zero-order valence-electron chi connectivity index (χ0n) is 18.4. The smallest absolute Gasteiger partial charge is 0.416 e. The SMILES string of the molecule is Cc1cc(N2C[C@H](C)n3ncc([B]OC(C)(C)C(C)(C)O)c3C2=O)ccc1C(F)(F)F. The standard InChI is InChI=1S/C21H26BF3N3O3/c1-12-9-14(7-8-15(12)21(23,24)25)27-11-13(2)28-17(18(27)29)16(10-26-28)22-31-20(5,6)19(3,4)30/h7-10,13,30H,11H2,1-6H3/t13-/m0/s1. The molecule has 1 aliphatic rings. The zero-order chi connectivity index (χ0) is 23.4. The molecular formula is C21H26BF3N3O3. The van der Waals surface area contributed by atoms with Crippen molar-refractivity contribution >= 4 is 24.5 Å². The van der Waals surface area contributed by atoms with Gasteiger partial charge in [0, 0.05) is 18.4 Å². The second kappa shape index (κ2) is 7.67. The molecule has 1 radical (unpaired) electrons. The first kappa shape index (κ1) is 23.3. The molecule has 0 bridgehead atoms. The number of carbonyl (C=O) groups excluding carboxylic acids is 1. The van der Waals surface area contributed by atoms with E-state index in [1.807, 2.05) is 6.92 Å². The Kier molecular flexibility index (Phi) is 5.77. The number of anilines is 1. The van der Waals surface area contributed by atoms with Gasteiger partial charge in [0.1, 0.15) is 5.69 Å². The highest BCUT2D eigenvalue weighted by atomic mass is 19.4. The number of amides is 1. The summed E-state index contributed by atoms with van der Waals surface area (Å²) in [4.78, 5) is 14.7. The maximum Gasteiger partial charge on any atom is 0.416 e. The van der Waals surface area contributed by atoms with Crippen molar-refractivity contribution < 1.29 is 27.7 Å². The van der Waals surface area contributed by atoms with Crippen LogP contribution in [0.5, 0.6) is 0 Å². The molecule has 31 heavy (non-hydrogen) atoms. The van der Waals surface area contributed by atoms with Gasteiger partial charge in [0.15, 0.2) is 0 Å². The summed E-state index contributed by atoms with van der Waals surface area (Å²) in [6.45, 7) is 10.2. The zero-order valence-corrected chi connectivity index (χ0v) is 18.4. The number of aromatic nitrogens is 2. The van der Waals surface area contributed by atoms with Crippen molar-refractivity contribution in [1.82, 2.24) is 9.78 Å². The Morgan fingerprint density at radius 1 is 1.23 bits per heavy atom. The Labute approximate surface area is 180 Å². The van der Waals surface area contributed by atoms with Crippen LogP contribution in [-0.2, 0) is 10.8 Å². The van der Waals surface area contributed by atoms with Crippen molar-refractivity contribution in [2.75, 3.05) is 11.4 Å². The van der Waals surface area contributed by atoms with Crippen LogP contribution < -0.4 is 10.4 Å². The summed E-state index contributed by atoms with van der Waals surface area (Å²) in [5.74, 6) is -0.384. The molecule has 1 aliphatic heterocycles. The number of hydrogen-bond donors (Lipinski definition) is 1. The monoisotopic (exact) mass is 436 g/mol. The van der Waals surface area contributed by atoms with Crippen molar-refractivity contribution in [3.8, 4) is 0 Å². The first-order chi connectivity index (χ1) is 14.1. The first-order valence-electron chi connectivity index (χ1n) is 9.94. The third-order valence-electron chi connectivity index (χ3n) is 5.92. The molecule has 0 aliphatic carbocycles. The topological polar surface area (TPSA) is 67.6 Å². The minimum absolute atomic E-state index is 0.0478. The van der Waals surface area contributed by atoms with E-state index in [0.717, 1.165) is 6.07 Å². The summed E-state index contributed by atoms with van der Waals surface area (Å²) in [6.07, 6.45) is -2.95. The fourth-order valence-corrected chi connectivity index (χ4v) is 3.28. The highest BCUT2D eigenvalue weighted by Gasteiger charge is 2.39. The number of halogens is 3. The highest BCUT2D eigenvalue weighted by Crippen LogP contribution is 2.35.